The van der Waals surface area contributed by atoms with Crippen LogP contribution in [0.4, 0.5) is 10.5 Å². The Morgan fingerprint density at radius 2 is 1.87 bits per heavy atom. The Morgan fingerprint density at radius 3 is 2.58 bits per heavy atom. The second-order valence-corrected chi connectivity index (χ2v) is 9.07. The van der Waals surface area contributed by atoms with E-state index in [1.807, 2.05) is 13.0 Å². The third-order valence-electron chi connectivity index (χ3n) is 5.90. The molecule has 0 fully saturated rings. The van der Waals surface area contributed by atoms with Gasteiger partial charge in [-0.1, -0.05) is 18.9 Å². The van der Waals surface area contributed by atoms with Crippen LogP contribution in [0.25, 0.3) is 0 Å². The number of urea groups is 1. The molecule has 0 aliphatic rings. The number of anilines is 1. The monoisotopic (exact) mass is 532 g/mol. The lowest BCUT2D eigenvalue weighted by Crippen LogP contribution is -2.35. The molecule has 11 heteroatoms. The van der Waals surface area contributed by atoms with Crippen LogP contribution < -0.4 is 16.1 Å². The summed E-state index contributed by atoms with van der Waals surface area (Å²) in [4.78, 5) is 30.9. The molecule has 1 unspecified atom stereocenters. The smallest absolute Gasteiger partial charge is 0.352 e. The van der Waals surface area contributed by atoms with Crippen LogP contribution >= 0.6 is 0 Å². The zero-order valence-electron chi connectivity index (χ0n) is 22.0. The molecule has 0 bridgehead atoms. The number of nitrogens with one attached hydrogen (secondary N) is 1. The van der Waals surface area contributed by atoms with Gasteiger partial charge < -0.3 is 35.9 Å². The van der Waals surface area contributed by atoms with Crippen LogP contribution in [0.2, 0.25) is 0 Å². The summed E-state index contributed by atoms with van der Waals surface area (Å²) in [6.45, 7) is 4.23. The fourth-order valence-electron chi connectivity index (χ4n) is 3.98. The number of hydrogen-bond acceptors (Lipinski definition) is 9. The standard InChI is InChI=1S/C27H40N4O7/c1-20-14-21(16-22(15-20)31(27(28)36)38-19-33)8-4-7-13-37-12-6-3-2-5-11-29-17-26(35)23-9-10-25(34)24(18-32)30-23/h9-10,14-16,19,26,29,32,34-35H,2-8,11-13,17-18H2,1H3,(H2,28,36). The number of pyridine rings is 1. The molecule has 1 aromatic heterocycles. The number of hydroxylamine groups is 1. The molecule has 0 saturated heterocycles. The molecule has 1 heterocycles. The zero-order chi connectivity index (χ0) is 27.8. The summed E-state index contributed by atoms with van der Waals surface area (Å²) in [5.41, 5.74) is 8.24. The van der Waals surface area contributed by atoms with E-state index in [0.29, 0.717) is 24.5 Å². The Kier molecular flexibility index (Phi) is 14.1. The Balaban J connectivity index is 1.50. The molecule has 0 aliphatic carbocycles. The van der Waals surface area contributed by atoms with Crippen LogP contribution in [0.15, 0.2) is 30.3 Å². The fraction of sp³-hybridized carbons (Fsp3) is 0.519. The topological polar surface area (TPSA) is 167 Å². The number of benzene rings is 1. The van der Waals surface area contributed by atoms with Crippen molar-refractivity contribution in [2.75, 3.05) is 31.4 Å². The van der Waals surface area contributed by atoms with Gasteiger partial charge in [-0.05, 0) is 81.0 Å². The lowest BCUT2D eigenvalue weighted by Gasteiger charge is -2.18. The van der Waals surface area contributed by atoms with Gasteiger partial charge in [-0.2, -0.15) is 0 Å². The molecule has 38 heavy (non-hydrogen) atoms. The Bertz CT molecular complexity index is 1010. The van der Waals surface area contributed by atoms with E-state index in [9.17, 15) is 19.8 Å². The van der Waals surface area contributed by atoms with Gasteiger partial charge in [0.05, 0.1) is 18.0 Å². The minimum absolute atomic E-state index is 0.0836. The second kappa shape index (κ2) is 17.3. The number of aromatic nitrogens is 1. The Labute approximate surface area is 223 Å². The van der Waals surface area contributed by atoms with E-state index in [1.165, 1.54) is 6.07 Å². The average Bonchev–Trinajstić information content (AvgIpc) is 2.89. The van der Waals surface area contributed by atoms with Crippen LogP contribution in [-0.2, 0) is 27.4 Å². The maximum absolute atomic E-state index is 11.5. The van der Waals surface area contributed by atoms with Crippen molar-refractivity contribution in [3.05, 3.63) is 52.8 Å². The van der Waals surface area contributed by atoms with E-state index in [-0.39, 0.29) is 24.5 Å². The molecule has 2 amide bonds. The highest BCUT2D eigenvalue weighted by molar-refractivity contribution is 5.89. The van der Waals surface area contributed by atoms with Gasteiger partial charge in [-0.3, -0.25) is 4.79 Å². The maximum Gasteiger partial charge on any atom is 0.352 e. The fourth-order valence-corrected chi connectivity index (χ4v) is 3.98. The first kappa shape index (κ1) is 31.0. The number of ether oxygens (including phenoxy) is 1. The van der Waals surface area contributed by atoms with Crippen molar-refractivity contribution in [1.29, 1.82) is 0 Å². The second-order valence-electron chi connectivity index (χ2n) is 9.07. The van der Waals surface area contributed by atoms with Crippen molar-refractivity contribution < 1.29 is 34.5 Å². The van der Waals surface area contributed by atoms with Crippen LogP contribution in [0.3, 0.4) is 0 Å². The summed E-state index contributed by atoms with van der Waals surface area (Å²) in [6.07, 6.45) is 5.94. The first-order valence-electron chi connectivity index (χ1n) is 12.9. The van der Waals surface area contributed by atoms with Gasteiger partial charge in [-0.15, -0.1) is 5.06 Å². The molecule has 0 spiro atoms. The van der Waals surface area contributed by atoms with Gasteiger partial charge in [0.2, 0.25) is 0 Å². The number of aryl methyl sites for hydroxylation is 2. The molecule has 2 aromatic rings. The predicted octanol–water partition coefficient (Wildman–Crippen LogP) is 2.78. The first-order valence-corrected chi connectivity index (χ1v) is 12.9. The number of amides is 2. The number of aromatic hydroxyl groups is 1. The quantitative estimate of drug-likeness (QED) is 0.104. The lowest BCUT2D eigenvalue weighted by atomic mass is 10.0. The van der Waals surface area contributed by atoms with Gasteiger partial charge in [-0.25, -0.2) is 9.78 Å². The molecular weight excluding hydrogens is 492 g/mol. The summed E-state index contributed by atoms with van der Waals surface area (Å²) in [5, 5.41) is 32.9. The van der Waals surface area contributed by atoms with Crippen LogP contribution in [0.1, 0.15) is 67.1 Å². The van der Waals surface area contributed by atoms with Crippen LogP contribution in [-0.4, -0.2) is 59.1 Å². The normalized spacial score (nSPS) is 11.8. The number of aliphatic hydroxyl groups is 2. The molecule has 6 N–H and O–H groups in total. The van der Waals surface area contributed by atoms with Crippen molar-refractivity contribution in [3.8, 4) is 5.75 Å². The molecule has 0 aliphatic heterocycles. The average molecular weight is 533 g/mol. The van der Waals surface area contributed by atoms with E-state index in [2.05, 4.69) is 15.1 Å². The van der Waals surface area contributed by atoms with Crippen molar-refractivity contribution in [2.24, 2.45) is 5.73 Å². The number of hydrogen-bond donors (Lipinski definition) is 5. The highest BCUT2D eigenvalue weighted by Gasteiger charge is 2.15. The van der Waals surface area contributed by atoms with Crippen LogP contribution in [0, 0.1) is 6.92 Å². The summed E-state index contributed by atoms with van der Waals surface area (Å²) in [6, 6.07) is 7.65. The molecule has 1 atom stereocenters. The number of rotatable bonds is 19. The van der Waals surface area contributed by atoms with E-state index in [1.54, 1.807) is 18.2 Å². The summed E-state index contributed by atoms with van der Waals surface area (Å²) in [5.74, 6) is -0.0836. The highest BCUT2D eigenvalue weighted by atomic mass is 16.7. The van der Waals surface area contributed by atoms with Gasteiger partial charge >= 0.3 is 12.5 Å². The molecule has 210 valence electrons. The summed E-state index contributed by atoms with van der Waals surface area (Å²) >= 11 is 0. The molecule has 2 rings (SSSR count). The number of carbonyl (C=O) groups is 2. The number of primary amides is 1. The van der Waals surface area contributed by atoms with Crippen molar-refractivity contribution in [1.82, 2.24) is 10.3 Å². The number of nitrogens with two attached hydrogens (primary N) is 1. The molecular formula is C27H40N4O7. The number of aliphatic hydroxyl groups excluding tert-OH is 2. The Hall–Kier alpha value is -3.25. The van der Waals surface area contributed by atoms with Gasteiger partial charge in [0, 0.05) is 19.8 Å². The first-order chi connectivity index (χ1) is 18.3. The van der Waals surface area contributed by atoms with Gasteiger partial charge in [0.1, 0.15) is 17.5 Å². The van der Waals surface area contributed by atoms with Gasteiger partial charge in [0.15, 0.2) is 0 Å². The summed E-state index contributed by atoms with van der Waals surface area (Å²) in [7, 11) is 0. The third-order valence-corrected chi connectivity index (χ3v) is 5.90. The highest BCUT2D eigenvalue weighted by Crippen LogP contribution is 2.21. The van der Waals surface area contributed by atoms with Crippen molar-refractivity contribution in [2.45, 2.75) is 64.6 Å². The van der Waals surface area contributed by atoms with Crippen molar-refractivity contribution >= 4 is 18.2 Å². The largest absolute Gasteiger partial charge is 0.506 e. The third kappa shape index (κ3) is 11.0. The summed E-state index contributed by atoms with van der Waals surface area (Å²) < 4.78 is 5.74. The Morgan fingerprint density at radius 1 is 1.13 bits per heavy atom. The van der Waals surface area contributed by atoms with E-state index >= 15 is 0 Å². The number of nitrogens with zero attached hydrogens (tertiary/aromatic N) is 2. The SMILES string of the molecule is Cc1cc(CCCCOCCCCCCNCC(O)c2ccc(O)c(CO)n2)cc(N(OC=O)C(N)=O)c1. The van der Waals surface area contributed by atoms with Crippen LogP contribution in [0.5, 0.6) is 5.75 Å². The zero-order valence-corrected chi connectivity index (χ0v) is 22.0. The molecule has 1 aromatic carbocycles. The molecule has 0 radical (unpaired) electrons. The molecule has 11 nitrogen and oxygen atoms in total. The predicted molar refractivity (Wildman–Crippen MR) is 142 cm³/mol. The molecule has 0 saturated carbocycles. The maximum atomic E-state index is 11.5. The van der Waals surface area contributed by atoms with E-state index in [0.717, 1.165) is 74.3 Å². The lowest BCUT2D eigenvalue weighted by molar-refractivity contribution is -0.128. The van der Waals surface area contributed by atoms with Gasteiger partial charge in [0.25, 0.3) is 0 Å². The minimum atomic E-state index is -0.863. The number of unbranched alkanes of at least 4 members (excludes halogenated alkanes) is 4. The number of carbonyl (C=O) groups excluding carboxylic acids is 2. The van der Waals surface area contributed by atoms with Crippen molar-refractivity contribution in [3.63, 3.8) is 0 Å². The van der Waals surface area contributed by atoms with E-state index in [4.69, 9.17) is 15.6 Å². The van der Waals surface area contributed by atoms with E-state index < -0.39 is 12.1 Å². The minimum Gasteiger partial charge on any atom is -0.506 e.